The summed E-state index contributed by atoms with van der Waals surface area (Å²) in [5, 5.41) is 21.6. The van der Waals surface area contributed by atoms with Gasteiger partial charge in [0.05, 0.1) is 36.1 Å². The van der Waals surface area contributed by atoms with E-state index in [0.717, 1.165) is 23.5 Å². The number of hydrogen-bond donors (Lipinski definition) is 4. The van der Waals surface area contributed by atoms with E-state index < -0.39 is 23.6 Å². The van der Waals surface area contributed by atoms with Gasteiger partial charge in [-0.25, -0.2) is 13.8 Å². The molecule has 0 bridgehead atoms. The highest BCUT2D eigenvalue weighted by Crippen LogP contribution is 2.39. The number of halogens is 2. The number of aliphatic hydroxyl groups is 2. The molecule has 0 radical (unpaired) electrons. The lowest BCUT2D eigenvalue weighted by Gasteiger charge is -2.15. The molecule has 0 fully saturated rings. The molecule has 0 aliphatic carbocycles. The van der Waals surface area contributed by atoms with Crippen molar-refractivity contribution in [2.45, 2.75) is 26.1 Å². The van der Waals surface area contributed by atoms with Crippen LogP contribution in [0.15, 0.2) is 36.4 Å². The molecule has 3 aromatic rings. The molecule has 5 N–H and O–H groups in total. The molecule has 1 atom stereocenters. The van der Waals surface area contributed by atoms with E-state index in [9.17, 15) is 23.5 Å². The predicted molar refractivity (Wildman–Crippen MR) is 135 cm³/mol. The first-order valence-corrected chi connectivity index (χ1v) is 12.2. The normalized spacial score (nSPS) is 11.8. The fraction of sp³-hybridized carbons (Fsp3) is 0.320. The summed E-state index contributed by atoms with van der Waals surface area (Å²) in [5.41, 5.74) is 6.04. The van der Waals surface area contributed by atoms with Crippen LogP contribution in [0.5, 0.6) is 0 Å². The molecule has 2 amide bonds. The number of likely N-dealkylation sites (N-methyl/N-ethyl adjacent to an activating group) is 1. The van der Waals surface area contributed by atoms with Gasteiger partial charge in [0.15, 0.2) is 0 Å². The van der Waals surface area contributed by atoms with Crippen LogP contribution in [0.1, 0.15) is 28.5 Å². The van der Waals surface area contributed by atoms with Crippen molar-refractivity contribution in [2.75, 3.05) is 32.1 Å². The average molecular weight is 535 g/mol. The summed E-state index contributed by atoms with van der Waals surface area (Å²) in [6.07, 6.45) is -0.664. The number of benzene rings is 1. The van der Waals surface area contributed by atoms with Crippen molar-refractivity contribution in [1.82, 2.24) is 9.88 Å². The highest BCUT2D eigenvalue weighted by Gasteiger charge is 2.21. The number of nitrogens with two attached hydrogens (primary N) is 1. The van der Waals surface area contributed by atoms with Crippen molar-refractivity contribution in [3.8, 4) is 10.4 Å². The second kappa shape index (κ2) is 12.7. The number of anilines is 2. The smallest absolute Gasteiger partial charge is 0.251 e. The topological polar surface area (TPSA) is 138 Å². The number of amides is 2. The first-order valence-electron chi connectivity index (χ1n) is 11.3. The van der Waals surface area contributed by atoms with Crippen LogP contribution < -0.4 is 11.1 Å². The standard InChI is InChI=1S/C25H28F2N4O5S/c1-14(33)8-15-9-18(26)23(19(27)10-15)20-11-17(24(28)35)25(37-20)30-21-5-3-4-16(29-21)12-36-13-22(34)31(2)6-7-32/h3-5,9-11,14,32-33H,6-8,12-13H2,1-2H3,(H2,28,35)(H,29,30). The van der Waals surface area contributed by atoms with E-state index >= 15 is 0 Å². The van der Waals surface area contributed by atoms with E-state index in [2.05, 4.69) is 10.3 Å². The molecule has 0 aliphatic rings. The molecular formula is C25H28F2N4O5S. The largest absolute Gasteiger partial charge is 0.395 e. The van der Waals surface area contributed by atoms with Gasteiger partial charge in [-0.2, -0.15) is 0 Å². The maximum Gasteiger partial charge on any atom is 0.251 e. The number of pyridine rings is 1. The van der Waals surface area contributed by atoms with Gasteiger partial charge in [0.1, 0.15) is 29.1 Å². The van der Waals surface area contributed by atoms with E-state index in [1.54, 1.807) is 25.2 Å². The van der Waals surface area contributed by atoms with Gasteiger partial charge in [-0.3, -0.25) is 9.59 Å². The van der Waals surface area contributed by atoms with Gasteiger partial charge in [0.2, 0.25) is 5.91 Å². The first kappa shape index (κ1) is 28.1. The van der Waals surface area contributed by atoms with Gasteiger partial charge in [-0.15, -0.1) is 11.3 Å². The summed E-state index contributed by atoms with van der Waals surface area (Å²) in [4.78, 5) is 29.9. The number of rotatable bonds is 12. The monoisotopic (exact) mass is 534 g/mol. The molecule has 9 nitrogen and oxygen atoms in total. The van der Waals surface area contributed by atoms with Crippen LogP contribution in [0.4, 0.5) is 19.6 Å². The minimum atomic E-state index is -0.823. The third-order valence-corrected chi connectivity index (χ3v) is 6.33. The number of carbonyl (C=O) groups is 2. The van der Waals surface area contributed by atoms with E-state index in [0.29, 0.717) is 17.1 Å². The van der Waals surface area contributed by atoms with Crippen molar-refractivity contribution in [2.24, 2.45) is 5.73 Å². The number of aliphatic hydroxyl groups excluding tert-OH is 2. The second-order valence-electron chi connectivity index (χ2n) is 8.38. The molecule has 0 saturated carbocycles. The Balaban J connectivity index is 1.79. The number of nitrogens with one attached hydrogen (secondary N) is 1. The first-order chi connectivity index (χ1) is 17.6. The van der Waals surface area contributed by atoms with Crippen LogP contribution in [0, 0.1) is 11.6 Å². The predicted octanol–water partition coefficient (Wildman–Crippen LogP) is 2.82. The average Bonchev–Trinajstić information content (AvgIpc) is 3.22. The minimum Gasteiger partial charge on any atom is -0.395 e. The summed E-state index contributed by atoms with van der Waals surface area (Å²) < 4.78 is 35.0. The highest BCUT2D eigenvalue weighted by molar-refractivity contribution is 7.20. The van der Waals surface area contributed by atoms with E-state index in [1.807, 2.05) is 0 Å². The molecule has 12 heteroatoms. The van der Waals surface area contributed by atoms with Gasteiger partial charge >= 0.3 is 0 Å². The van der Waals surface area contributed by atoms with Crippen molar-refractivity contribution < 1.29 is 33.3 Å². The summed E-state index contributed by atoms with van der Waals surface area (Å²) in [7, 11) is 1.55. The van der Waals surface area contributed by atoms with Crippen LogP contribution in [0.25, 0.3) is 10.4 Å². The van der Waals surface area contributed by atoms with Crippen LogP contribution in [-0.2, 0) is 22.6 Å². The minimum absolute atomic E-state index is 0.0296. The van der Waals surface area contributed by atoms with Crippen molar-refractivity contribution in [1.29, 1.82) is 0 Å². The van der Waals surface area contributed by atoms with Crippen LogP contribution >= 0.6 is 11.3 Å². The zero-order valence-corrected chi connectivity index (χ0v) is 21.1. The fourth-order valence-corrected chi connectivity index (χ4v) is 4.60. The maximum absolute atomic E-state index is 14.8. The third kappa shape index (κ3) is 7.52. The molecule has 37 heavy (non-hydrogen) atoms. The highest BCUT2D eigenvalue weighted by atomic mass is 32.1. The SMILES string of the molecule is CC(O)Cc1cc(F)c(-c2cc(C(N)=O)c(Nc3cccc(COCC(=O)N(C)CCO)n3)s2)c(F)c1. The van der Waals surface area contributed by atoms with Gasteiger partial charge in [0.25, 0.3) is 5.91 Å². The van der Waals surface area contributed by atoms with E-state index in [4.69, 9.17) is 15.6 Å². The molecule has 198 valence electrons. The second-order valence-corrected chi connectivity index (χ2v) is 9.43. The van der Waals surface area contributed by atoms with E-state index in [1.165, 1.54) is 17.9 Å². The van der Waals surface area contributed by atoms with Gasteiger partial charge in [-0.1, -0.05) is 6.07 Å². The third-order valence-electron chi connectivity index (χ3n) is 5.26. The van der Waals surface area contributed by atoms with Gasteiger partial charge in [0, 0.05) is 18.5 Å². The number of thiophene rings is 1. The Morgan fingerprint density at radius 3 is 2.57 bits per heavy atom. The molecule has 0 saturated heterocycles. The molecule has 0 aliphatic heterocycles. The van der Waals surface area contributed by atoms with Crippen molar-refractivity contribution in [3.63, 3.8) is 0 Å². The number of hydrogen-bond acceptors (Lipinski definition) is 8. The molecular weight excluding hydrogens is 506 g/mol. The lowest BCUT2D eigenvalue weighted by atomic mass is 10.0. The number of primary amides is 1. The maximum atomic E-state index is 14.8. The Hall–Kier alpha value is -3.45. The molecule has 1 aromatic carbocycles. The lowest BCUT2D eigenvalue weighted by molar-refractivity contribution is -0.135. The van der Waals surface area contributed by atoms with Crippen LogP contribution in [0.3, 0.4) is 0 Å². The summed E-state index contributed by atoms with van der Waals surface area (Å²) in [5.74, 6) is -2.40. The molecule has 2 heterocycles. The van der Waals surface area contributed by atoms with Crippen molar-refractivity contribution >= 4 is 34.0 Å². The lowest BCUT2D eigenvalue weighted by Crippen LogP contribution is -2.32. The molecule has 0 spiro atoms. The molecule has 3 rings (SSSR count). The quantitative estimate of drug-likeness (QED) is 0.280. The summed E-state index contributed by atoms with van der Waals surface area (Å²) in [6.45, 7) is 1.41. The Morgan fingerprint density at radius 1 is 1.24 bits per heavy atom. The number of aromatic nitrogens is 1. The molecule has 1 unspecified atom stereocenters. The fourth-order valence-electron chi connectivity index (χ4n) is 3.48. The zero-order valence-electron chi connectivity index (χ0n) is 20.3. The summed E-state index contributed by atoms with van der Waals surface area (Å²) in [6, 6.07) is 8.61. The van der Waals surface area contributed by atoms with Crippen LogP contribution in [0.2, 0.25) is 0 Å². The number of nitrogens with zero attached hydrogens (tertiary/aromatic N) is 2. The van der Waals surface area contributed by atoms with E-state index in [-0.39, 0.29) is 59.7 Å². The van der Waals surface area contributed by atoms with Gasteiger partial charge < -0.3 is 30.9 Å². The Morgan fingerprint density at radius 2 is 1.95 bits per heavy atom. The Bertz CT molecular complexity index is 1240. The Labute approximate surface area is 216 Å². The van der Waals surface area contributed by atoms with Crippen molar-refractivity contribution in [3.05, 3.63) is 64.9 Å². The van der Waals surface area contributed by atoms with Gasteiger partial charge in [-0.05, 0) is 49.2 Å². The van der Waals surface area contributed by atoms with Crippen LogP contribution in [-0.4, -0.2) is 64.8 Å². The molecule has 2 aromatic heterocycles. The zero-order chi connectivity index (χ0) is 27.1. The Kier molecular flexibility index (Phi) is 9.64. The summed E-state index contributed by atoms with van der Waals surface area (Å²) >= 11 is 0.936. The number of ether oxygens (including phenoxy) is 1. The number of carbonyl (C=O) groups excluding carboxylic acids is 2.